The summed E-state index contributed by atoms with van der Waals surface area (Å²) in [6.45, 7) is 6.37. The van der Waals surface area contributed by atoms with E-state index < -0.39 is 0 Å². The predicted octanol–water partition coefficient (Wildman–Crippen LogP) is 2.20. The summed E-state index contributed by atoms with van der Waals surface area (Å²) in [7, 11) is 0. The quantitative estimate of drug-likeness (QED) is 0.740. The van der Waals surface area contributed by atoms with Crippen LogP contribution in [0, 0.1) is 6.92 Å². The van der Waals surface area contributed by atoms with Crippen molar-refractivity contribution < 1.29 is 0 Å². The number of rotatable bonds is 7. The van der Waals surface area contributed by atoms with E-state index >= 15 is 0 Å². The molecule has 3 nitrogen and oxygen atoms in total. The van der Waals surface area contributed by atoms with Crippen LogP contribution in [-0.4, -0.2) is 27.1 Å². The molecule has 90 valence electrons. The van der Waals surface area contributed by atoms with Gasteiger partial charge in [0.1, 0.15) is 5.82 Å². The number of hydrogen-bond donors (Lipinski definition) is 1. The number of nitrogens with zero attached hydrogens (tertiary/aromatic N) is 2. The average Bonchev–Trinajstić information content (AvgIpc) is 3.04. The molecule has 0 atom stereocenters. The van der Waals surface area contributed by atoms with E-state index in [2.05, 4.69) is 28.7 Å². The first-order valence-corrected chi connectivity index (χ1v) is 7.29. The maximum atomic E-state index is 4.41. The number of imidazole rings is 1. The van der Waals surface area contributed by atoms with Crippen molar-refractivity contribution in [2.45, 2.75) is 45.8 Å². The molecule has 1 aliphatic carbocycles. The highest BCUT2D eigenvalue weighted by molar-refractivity contribution is 7.99. The van der Waals surface area contributed by atoms with E-state index in [9.17, 15) is 0 Å². The molecule has 1 aromatic heterocycles. The van der Waals surface area contributed by atoms with Gasteiger partial charge in [-0.2, -0.15) is 11.8 Å². The van der Waals surface area contributed by atoms with Crippen molar-refractivity contribution in [2.75, 3.05) is 11.5 Å². The van der Waals surface area contributed by atoms with Crippen LogP contribution in [-0.2, 0) is 13.1 Å². The van der Waals surface area contributed by atoms with Gasteiger partial charge in [-0.3, -0.25) is 0 Å². The molecule has 1 N–H and O–H groups in total. The van der Waals surface area contributed by atoms with E-state index in [0.717, 1.165) is 25.0 Å². The molecule has 16 heavy (non-hydrogen) atoms. The summed E-state index contributed by atoms with van der Waals surface area (Å²) < 4.78 is 2.35. The SMILES string of the molecule is CCSCCn1c(CNC2CC2)cnc1C. The van der Waals surface area contributed by atoms with Crippen LogP contribution >= 0.6 is 11.8 Å². The zero-order valence-corrected chi connectivity index (χ0v) is 11.0. The first-order valence-electron chi connectivity index (χ1n) is 6.13. The molecule has 0 unspecified atom stereocenters. The van der Waals surface area contributed by atoms with Gasteiger partial charge < -0.3 is 9.88 Å². The zero-order valence-electron chi connectivity index (χ0n) is 10.2. The summed E-state index contributed by atoms with van der Waals surface area (Å²) >= 11 is 1.99. The minimum Gasteiger partial charge on any atom is -0.330 e. The van der Waals surface area contributed by atoms with Gasteiger partial charge in [-0.05, 0) is 25.5 Å². The van der Waals surface area contributed by atoms with E-state index in [0.29, 0.717) is 0 Å². The first-order chi connectivity index (χ1) is 7.81. The second kappa shape index (κ2) is 5.73. The van der Waals surface area contributed by atoms with E-state index in [-0.39, 0.29) is 0 Å². The molecule has 0 spiro atoms. The topological polar surface area (TPSA) is 29.9 Å². The Morgan fingerprint density at radius 2 is 2.38 bits per heavy atom. The molecule has 0 saturated heterocycles. The van der Waals surface area contributed by atoms with E-state index in [4.69, 9.17) is 0 Å². The molecule has 0 bridgehead atoms. The van der Waals surface area contributed by atoms with Crippen molar-refractivity contribution in [3.63, 3.8) is 0 Å². The van der Waals surface area contributed by atoms with Gasteiger partial charge in [0.25, 0.3) is 0 Å². The van der Waals surface area contributed by atoms with Gasteiger partial charge in [-0.1, -0.05) is 6.92 Å². The summed E-state index contributed by atoms with van der Waals surface area (Å²) in [5, 5.41) is 3.55. The van der Waals surface area contributed by atoms with Gasteiger partial charge in [0.15, 0.2) is 0 Å². The molecule has 1 aliphatic rings. The first kappa shape index (κ1) is 12.0. The molecule has 1 saturated carbocycles. The normalized spacial score (nSPS) is 15.6. The fourth-order valence-corrected chi connectivity index (χ4v) is 2.40. The standard InChI is InChI=1S/C12H21N3S/c1-3-16-7-6-15-10(2)13-8-12(15)9-14-11-4-5-11/h8,11,14H,3-7,9H2,1-2H3. The summed E-state index contributed by atoms with van der Waals surface area (Å²) in [6.07, 6.45) is 4.71. The molecule has 1 aromatic rings. The number of aromatic nitrogens is 2. The largest absolute Gasteiger partial charge is 0.330 e. The maximum absolute atomic E-state index is 4.41. The Balaban J connectivity index is 1.88. The number of nitrogens with one attached hydrogen (secondary N) is 1. The molecular weight excluding hydrogens is 218 g/mol. The van der Waals surface area contributed by atoms with Gasteiger partial charge in [-0.25, -0.2) is 4.98 Å². The molecule has 0 radical (unpaired) electrons. The lowest BCUT2D eigenvalue weighted by Crippen LogP contribution is -2.19. The maximum Gasteiger partial charge on any atom is 0.105 e. The summed E-state index contributed by atoms with van der Waals surface area (Å²) in [4.78, 5) is 4.41. The van der Waals surface area contributed by atoms with Gasteiger partial charge >= 0.3 is 0 Å². The van der Waals surface area contributed by atoms with Crippen molar-refractivity contribution in [1.29, 1.82) is 0 Å². The predicted molar refractivity (Wildman–Crippen MR) is 69.8 cm³/mol. The zero-order chi connectivity index (χ0) is 11.4. The lowest BCUT2D eigenvalue weighted by molar-refractivity contribution is 0.619. The van der Waals surface area contributed by atoms with Crippen LogP contribution in [0.3, 0.4) is 0 Å². The Bertz CT molecular complexity index is 331. The highest BCUT2D eigenvalue weighted by atomic mass is 32.2. The van der Waals surface area contributed by atoms with Crippen LogP contribution in [0.4, 0.5) is 0 Å². The number of aryl methyl sites for hydroxylation is 1. The Hall–Kier alpha value is -0.480. The van der Waals surface area contributed by atoms with E-state index in [1.54, 1.807) is 0 Å². The summed E-state index contributed by atoms with van der Waals surface area (Å²) in [5.74, 6) is 3.53. The third kappa shape index (κ3) is 3.25. The fraction of sp³-hybridized carbons (Fsp3) is 0.750. The highest BCUT2D eigenvalue weighted by Crippen LogP contribution is 2.19. The van der Waals surface area contributed by atoms with Crippen LogP contribution < -0.4 is 5.32 Å². The molecular formula is C12H21N3S. The Morgan fingerprint density at radius 3 is 3.06 bits per heavy atom. The van der Waals surface area contributed by atoms with Crippen molar-refractivity contribution >= 4 is 11.8 Å². The van der Waals surface area contributed by atoms with Crippen LogP contribution in [0.1, 0.15) is 31.3 Å². The van der Waals surface area contributed by atoms with Gasteiger partial charge in [0.2, 0.25) is 0 Å². The third-order valence-electron chi connectivity index (χ3n) is 2.95. The summed E-state index contributed by atoms with van der Waals surface area (Å²) in [5.41, 5.74) is 1.33. The second-order valence-electron chi connectivity index (χ2n) is 4.30. The van der Waals surface area contributed by atoms with Crippen LogP contribution in [0.25, 0.3) is 0 Å². The monoisotopic (exact) mass is 239 g/mol. The van der Waals surface area contributed by atoms with Gasteiger partial charge in [-0.15, -0.1) is 0 Å². The Morgan fingerprint density at radius 1 is 1.56 bits per heavy atom. The molecule has 2 rings (SSSR count). The number of thioether (sulfide) groups is 1. The van der Waals surface area contributed by atoms with Crippen molar-refractivity contribution in [1.82, 2.24) is 14.9 Å². The Labute approximate surface area is 102 Å². The van der Waals surface area contributed by atoms with Crippen LogP contribution in [0.2, 0.25) is 0 Å². The molecule has 0 aromatic carbocycles. The molecule has 1 heterocycles. The number of hydrogen-bond acceptors (Lipinski definition) is 3. The molecule has 1 fully saturated rings. The minimum atomic E-state index is 0.772. The van der Waals surface area contributed by atoms with Crippen molar-refractivity contribution in [3.8, 4) is 0 Å². The van der Waals surface area contributed by atoms with Gasteiger partial charge in [0.05, 0.1) is 5.69 Å². The minimum absolute atomic E-state index is 0.772. The van der Waals surface area contributed by atoms with Crippen LogP contribution in [0.5, 0.6) is 0 Å². The molecule has 0 amide bonds. The molecule has 4 heteroatoms. The third-order valence-corrected chi connectivity index (χ3v) is 3.83. The molecule has 0 aliphatic heterocycles. The lowest BCUT2D eigenvalue weighted by atomic mass is 10.4. The Kier molecular flexibility index (Phi) is 4.29. The second-order valence-corrected chi connectivity index (χ2v) is 5.69. The van der Waals surface area contributed by atoms with E-state index in [1.165, 1.54) is 30.0 Å². The summed E-state index contributed by atoms with van der Waals surface area (Å²) in [6, 6.07) is 0.772. The average molecular weight is 239 g/mol. The van der Waals surface area contributed by atoms with Crippen molar-refractivity contribution in [2.24, 2.45) is 0 Å². The van der Waals surface area contributed by atoms with E-state index in [1.807, 2.05) is 18.0 Å². The van der Waals surface area contributed by atoms with Crippen LogP contribution in [0.15, 0.2) is 6.20 Å². The van der Waals surface area contributed by atoms with Gasteiger partial charge in [0, 0.05) is 31.1 Å². The fourth-order valence-electron chi connectivity index (χ4n) is 1.80. The lowest BCUT2D eigenvalue weighted by Gasteiger charge is -2.10. The highest BCUT2D eigenvalue weighted by Gasteiger charge is 2.20. The smallest absolute Gasteiger partial charge is 0.105 e. The van der Waals surface area contributed by atoms with Crippen molar-refractivity contribution in [3.05, 3.63) is 17.7 Å².